The van der Waals surface area contributed by atoms with Gasteiger partial charge in [-0.3, -0.25) is 0 Å². The van der Waals surface area contributed by atoms with Crippen LogP contribution in [0.25, 0.3) is 0 Å². The Morgan fingerprint density at radius 3 is 2.80 bits per heavy atom. The summed E-state index contributed by atoms with van der Waals surface area (Å²) >= 11 is 4.73. The average molecular weight is 246 g/mol. The van der Waals surface area contributed by atoms with E-state index in [0.717, 1.165) is 0 Å². The van der Waals surface area contributed by atoms with E-state index in [1.807, 2.05) is 6.92 Å². The Hall–Kier alpha value is -1.14. The summed E-state index contributed by atoms with van der Waals surface area (Å²) in [5.41, 5.74) is 0.325. The van der Waals surface area contributed by atoms with Gasteiger partial charge < -0.3 is 4.74 Å². The Morgan fingerprint density at radius 2 is 2.20 bits per heavy atom. The summed E-state index contributed by atoms with van der Waals surface area (Å²) in [4.78, 5) is 19.1. The minimum atomic E-state index is -1.08. The van der Waals surface area contributed by atoms with Gasteiger partial charge in [0.15, 0.2) is 10.8 Å². The SMILES string of the molecule is CC[SH]1N=C(c2nccnc2Cl)OC1=O. The molecule has 0 aromatic carbocycles. The van der Waals surface area contributed by atoms with Gasteiger partial charge in [0.25, 0.3) is 5.90 Å². The fourth-order valence-electron chi connectivity index (χ4n) is 1.07. The van der Waals surface area contributed by atoms with Crippen LogP contribution in [0.15, 0.2) is 16.8 Å². The summed E-state index contributed by atoms with van der Waals surface area (Å²) in [6, 6.07) is 0. The van der Waals surface area contributed by atoms with Crippen LogP contribution in [0.2, 0.25) is 5.15 Å². The monoisotopic (exact) mass is 245 g/mol. The second-order valence-corrected chi connectivity index (χ2v) is 5.04. The van der Waals surface area contributed by atoms with Crippen LogP contribution in [0.5, 0.6) is 0 Å². The molecule has 7 heteroatoms. The normalized spacial score (nSPS) is 22.4. The third-order valence-corrected chi connectivity index (χ3v) is 3.57. The number of aromatic nitrogens is 2. The first-order valence-corrected chi connectivity index (χ1v) is 6.13. The molecule has 1 unspecified atom stereocenters. The fourth-order valence-corrected chi connectivity index (χ4v) is 2.28. The molecule has 1 aliphatic heterocycles. The lowest BCUT2D eigenvalue weighted by Crippen LogP contribution is -2.07. The molecule has 0 saturated heterocycles. The van der Waals surface area contributed by atoms with Crippen molar-refractivity contribution in [1.29, 1.82) is 0 Å². The summed E-state index contributed by atoms with van der Waals surface area (Å²) in [7, 11) is 0. The van der Waals surface area contributed by atoms with Crippen molar-refractivity contribution in [2.45, 2.75) is 6.92 Å². The van der Waals surface area contributed by atoms with E-state index in [0.29, 0.717) is 11.4 Å². The number of hydrogen-bond donors (Lipinski definition) is 1. The van der Waals surface area contributed by atoms with Crippen LogP contribution < -0.4 is 0 Å². The molecule has 0 amide bonds. The number of carbonyl (C=O) groups is 1. The zero-order valence-corrected chi connectivity index (χ0v) is 9.50. The highest BCUT2D eigenvalue weighted by Gasteiger charge is 2.27. The highest BCUT2D eigenvalue weighted by molar-refractivity contribution is 8.28. The molecule has 5 nitrogen and oxygen atoms in total. The van der Waals surface area contributed by atoms with E-state index in [2.05, 4.69) is 14.4 Å². The fraction of sp³-hybridized carbons (Fsp3) is 0.250. The summed E-state index contributed by atoms with van der Waals surface area (Å²) in [6.07, 6.45) is 2.94. The first-order chi connectivity index (χ1) is 7.22. The Labute approximate surface area is 94.0 Å². The molecule has 0 radical (unpaired) electrons. The van der Waals surface area contributed by atoms with Crippen LogP contribution >= 0.6 is 22.7 Å². The molecule has 0 saturated carbocycles. The quantitative estimate of drug-likeness (QED) is 0.639. The van der Waals surface area contributed by atoms with Crippen molar-refractivity contribution in [3.8, 4) is 0 Å². The summed E-state index contributed by atoms with van der Waals surface area (Å²) < 4.78 is 9.13. The molecule has 1 aliphatic rings. The lowest BCUT2D eigenvalue weighted by atomic mass is 10.4. The van der Waals surface area contributed by atoms with E-state index in [1.54, 1.807) is 0 Å². The van der Waals surface area contributed by atoms with E-state index in [1.165, 1.54) is 12.4 Å². The van der Waals surface area contributed by atoms with Gasteiger partial charge in [0, 0.05) is 18.1 Å². The Bertz CT molecular complexity index is 438. The molecule has 2 heterocycles. The highest BCUT2D eigenvalue weighted by atomic mass is 35.5. The number of halogens is 1. The maximum atomic E-state index is 11.3. The van der Waals surface area contributed by atoms with Crippen LogP contribution in [-0.4, -0.2) is 26.9 Å². The molecule has 15 heavy (non-hydrogen) atoms. The van der Waals surface area contributed by atoms with Gasteiger partial charge in [0.1, 0.15) is 0 Å². The lowest BCUT2D eigenvalue weighted by molar-refractivity contribution is 0.226. The van der Waals surface area contributed by atoms with Crippen LogP contribution in [-0.2, 0) is 4.74 Å². The minimum Gasteiger partial charge on any atom is -0.396 e. The van der Waals surface area contributed by atoms with E-state index in [9.17, 15) is 4.79 Å². The third kappa shape index (κ3) is 1.95. The predicted octanol–water partition coefficient (Wildman–Crippen LogP) is 1.96. The van der Waals surface area contributed by atoms with Gasteiger partial charge in [0.2, 0.25) is 0 Å². The van der Waals surface area contributed by atoms with Crippen molar-refractivity contribution in [2.75, 3.05) is 5.75 Å². The van der Waals surface area contributed by atoms with Gasteiger partial charge >= 0.3 is 5.30 Å². The Kier molecular flexibility index (Phi) is 2.88. The molecule has 1 aromatic heterocycles. The van der Waals surface area contributed by atoms with Crippen molar-refractivity contribution < 1.29 is 9.53 Å². The van der Waals surface area contributed by atoms with E-state index >= 15 is 0 Å². The van der Waals surface area contributed by atoms with Crippen LogP contribution in [0.4, 0.5) is 4.79 Å². The molecular formula is C8H8ClN3O2S. The van der Waals surface area contributed by atoms with Gasteiger partial charge in [-0.05, 0) is 0 Å². The van der Waals surface area contributed by atoms with Gasteiger partial charge in [-0.2, -0.15) is 4.40 Å². The van der Waals surface area contributed by atoms with Gasteiger partial charge in [0.05, 0.1) is 0 Å². The molecule has 80 valence electrons. The van der Waals surface area contributed by atoms with Gasteiger partial charge in [-0.15, -0.1) is 0 Å². The zero-order valence-electron chi connectivity index (χ0n) is 7.85. The van der Waals surface area contributed by atoms with Gasteiger partial charge in [-0.1, -0.05) is 29.6 Å². The zero-order chi connectivity index (χ0) is 10.8. The van der Waals surface area contributed by atoms with Crippen molar-refractivity contribution >= 4 is 33.9 Å². The Balaban J connectivity index is 2.34. The number of nitrogens with zero attached hydrogens (tertiary/aromatic N) is 3. The number of carbonyl (C=O) groups excluding carboxylic acids is 1. The molecular weight excluding hydrogens is 238 g/mol. The molecule has 0 N–H and O–H groups in total. The maximum Gasteiger partial charge on any atom is 0.372 e. The van der Waals surface area contributed by atoms with Gasteiger partial charge in [-0.25, -0.2) is 14.8 Å². The topological polar surface area (TPSA) is 64.4 Å². The molecule has 0 fully saturated rings. The molecule has 1 aromatic rings. The Morgan fingerprint density at radius 1 is 1.47 bits per heavy atom. The van der Waals surface area contributed by atoms with E-state index in [-0.39, 0.29) is 16.4 Å². The maximum absolute atomic E-state index is 11.3. The second-order valence-electron chi connectivity index (χ2n) is 2.68. The van der Waals surface area contributed by atoms with E-state index in [4.69, 9.17) is 16.3 Å². The van der Waals surface area contributed by atoms with Crippen LogP contribution in [0.1, 0.15) is 12.6 Å². The number of hydrogen-bond acceptors (Lipinski definition) is 5. The molecule has 0 aliphatic carbocycles. The van der Waals surface area contributed by atoms with Crippen LogP contribution in [0.3, 0.4) is 0 Å². The number of ether oxygens (including phenoxy) is 1. The first-order valence-electron chi connectivity index (χ1n) is 4.27. The summed E-state index contributed by atoms with van der Waals surface area (Å²) in [5, 5.41) is -0.110. The molecule has 2 rings (SSSR count). The lowest BCUT2D eigenvalue weighted by Gasteiger charge is -1.99. The van der Waals surface area contributed by atoms with Crippen LogP contribution in [0, 0.1) is 0 Å². The van der Waals surface area contributed by atoms with Crippen molar-refractivity contribution in [3.63, 3.8) is 0 Å². The average Bonchev–Trinajstić information content (AvgIpc) is 2.60. The number of thiol groups is 1. The van der Waals surface area contributed by atoms with Crippen molar-refractivity contribution in [3.05, 3.63) is 23.2 Å². The predicted molar refractivity (Wildman–Crippen MR) is 59.6 cm³/mol. The summed E-state index contributed by atoms with van der Waals surface area (Å²) in [6.45, 7) is 1.89. The standard InChI is InChI=1S/C8H8ClN3O2S/c1-2-15-8(13)14-7(12-15)5-6(9)11-4-3-10-5/h3-4,15H,2H2,1H3. The summed E-state index contributed by atoms with van der Waals surface area (Å²) in [5.74, 6) is 0.848. The second kappa shape index (κ2) is 4.16. The molecule has 1 atom stereocenters. The molecule has 0 spiro atoms. The first kappa shape index (κ1) is 10.4. The minimum absolute atomic E-state index is 0.186. The smallest absolute Gasteiger partial charge is 0.372 e. The van der Waals surface area contributed by atoms with Crippen molar-refractivity contribution in [1.82, 2.24) is 9.97 Å². The highest BCUT2D eigenvalue weighted by Crippen LogP contribution is 2.36. The van der Waals surface area contributed by atoms with E-state index < -0.39 is 11.1 Å². The van der Waals surface area contributed by atoms with Crippen molar-refractivity contribution in [2.24, 2.45) is 4.40 Å². The number of rotatable bonds is 2. The largest absolute Gasteiger partial charge is 0.396 e. The number of cyclic esters (lactones) is 1. The third-order valence-electron chi connectivity index (χ3n) is 1.76. The molecule has 0 bridgehead atoms.